The molecule has 5 nitrogen and oxygen atoms in total. The smallest absolute Gasteiger partial charge is 0.251 e. The van der Waals surface area contributed by atoms with Crippen LogP contribution in [0, 0.1) is 0 Å². The predicted octanol–water partition coefficient (Wildman–Crippen LogP) is 3.92. The molecule has 0 saturated heterocycles. The average molecular weight is 401 g/mol. The Morgan fingerprint density at radius 3 is 2.52 bits per heavy atom. The van der Waals surface area contributed by atoms with Crippen molar-refractivity contribution < 1.29 is 13.2 Å². The van der Waals surface area contributed by atoms with Gasteiger partial charge in [0, 0.05) is 23.5 Å². The van der Waals surface area contributed by atoms with E-state index in [1.165, 1.54) is 22.5 Å². The molecule has 1 N–H and O–H groups in total. The average Bonchev–Trinajstić information content (AvgIpc) is 3.10. The van der Waals surface area contributed by atoms with Crippen molar-refractivity contribution in [2.24, 2.45) is 0 Å². The maximum Gasteiger partial charge on any atom is 0.251 e. The van der Waals surface area contributed by atoms with Crippen LogP contribution < -0.4 is 5.32 Å². The molecule has 8 heteroatoms. The lowest BCUT2D eigenvalue weighted by atomic mass is 10.2. The third-order valence-corrected chi connectivity index (χ3v) is 7.42. The van der Waals surface area contributed by atoms with Gasteiger partial charge < -0.3 is 5.32 Å². The summed E-state index contributed by atoms with van der Waals surface area (Å²) in [5.41, 5.74) is 0.263. The van der Waals surface area contributed by atoms with Gasteiger partial charge >= 0.3 is 0 Å². The molecule has 0 aliphatic carbocycles. The fourth-order valence-corrected chi connectivity index (χ4v) is 5.13. The molecule has 136 valence electrons. The van der Waals surface area contributed by atoms with E-state index in [-0.39, 0.29) is 27.4 Å². The van der Waals surface area contributed by atoms with Gasteiger partial charge in [-0.1, -0.05) is 31.5 Å². The molecule has 0 aliphatic rings. The van der Waals surface area contributed by atoms with Crippen molar-refractivity contribution >= 4 is 38.9 Å². The molecule has 1 aromatic heterocycles. The second-order valence-corrected chi connectivity index (χ2v) is 8.74. The molecule has 0 bridgehead atoms. The number of rotatable bonds is 7. The van der Waals surface area contributed by atoms with Gasteiger partial charge in [0.2, 0.25) is 10.0 Å². The molecule has 2 rings (SSSR count). The van der Waals surface area contributed by atoms with Crippen LogP contribution in [0.2, 0.25) is 5.02 Å². The summed E-state index contributed by atoms with van der Waals surface area (Å²) >= 11 is 7.64. The molecule has 0 aliphatic heterocycles. The van der Waals surface area contributed by atoms with E-state index < -0.39 is 10.0 Å². The fourth-order valence-electron chi connectivity index (χ4n) is 2.43. The molecule has 1 atom stereocenters. The molecular weight excluding hydrogens is 380 g/mol. The molecule has 0 radical (unpaired) electrons. The zero-order valence-electron chi connectivity index (χ0n) is 14.3. The van der Waals surface area contributed by atoms with E-state index in [0.29, 0.717) is 13.1 Å². The fraction of sp³-hybridized carbons (Fsp3) is 0.353. The third-order valence-electron chi connectivity index (χ3n) is 3.83. The van der Waals surface area contributed by atoms with Gasteiger partial charge in [-0.3, -0.25) is 4.79 Å². The SMILES string of the molecule is CCN(CC)S(=O)(=O)c1cc(C(=O)NC(C)c2cccs2)ccc1Cl. The molecule has 0 spiro atoms. The minimum absolute atomic E-state index is 0.0470. The number of sulfonamides is 1. The normalized spacial score (nSPS) is 13.0. The summed E-state index contributed by atoms with van der Waals surface area (Å²) in [5.74, 6) is -0.339. The molecule has 0 saturated carbocycles. The Bertz CT molecular complexity index is 832. The number of halogens is 1. The minimum atomic E-state index is -3.74. The summed E-state index contributed by atoms with van der Waals surface area (Å²) in [6, 6.07) is 8.01. The Morgan fingerprint density at radius 1 is 1.28 bits per heavy atom. The van der Waals surface area contributed by atoms with E-state index >= 15 is 0 Å². The van der Waals surface area contributed by atoms with Crippen molar-refractivity contribution in [3.05, 3.63) is 51.2 Å². The quantitative estimate of drug-likeness (QED) is 0.765. The molecule has 0 fully saturated rings. The first-order valence-corrected chi connectivity index (χ1v) is 10.6. The number of nitrogens with zero attached hydrogens (tertiary/aromatic N) is 1. The number of amides is 1. The lowest BCUT2D eigenvalue weighted by molar-refractivity contribution is 0.0940. The Balaban J connectivity index is 2.30. The number of hydrogen-bond donors (Lipinski definition) is 1. The number of carbonyl (C=O) groups excluding carboxylic acids is 1. The van der Waals surface area contributed by atoms with Crippen molar-refractivity contribution in [1.29, 1.82) is 0 Å². The van der Waals surface area contributed by atoms with Crippen molar-refractivity contribution in [2.75, 3.05) is 13.1 Å². The number of thiophene rings is 1. The molecule has 2 aromatic rings. The molecule has 25 heavy (non-hydrogen) atoms. The Hall–Kier alpha value is -1.41. The highest BCUT2D eigenvalue weighted by atomic mass is 35.5. The number of hydrogen-bond acceptors (Lipinski definition) is 4. The highest BCUT2D eigenvalue weighted by Crippen LogP contribution is 2.26. The molecule has 1 aromatic carbocycles. The van der Waals surface area contributed by atoms with Crippen molar-refractivity contribution in [1.82, 2.24) is 9.62 Å². The van der Waals surface area contributed by atoms with Gasteiger partial charge in [0.1, 0.15) is 4.90 Å². The van der Waals surface area contributed by atoms with Gasteiger partial charge in [0.05, 0.1) is 11.1 Å². The summed E-state index contributed by atoms with van der Waals surface area (Å²) in [4.78, 5) is 13.5. The first kappa shape index (κ1) is 19.9. The van der Waals surface area contributed by atoms with Crippen molar-refractivity contribution in [3.8, 4) is 0 Å². The van der Waals surface area contributed by atoms with Gasteiger partial charge in [-0.05, 0) is 36.6 Å². The van der Waals surface area contributed by atoms with Gasteiger partial charge in [-0.25, -0.2) is 8.42 Å². The molecular formula is C17H21ClN2O3S2. The zero-order chi connectivity index (χ0) is 18.6. The maximum absolute atomic E-state index is 12.7. The van der Waals surface area contributed by atoms with E-state index in [2.05, 4.69) is 5.32 Å². The summed E-state index contributed by atoms with van der Waals surface area (Å²) in [7, 11) is -3.74. The summed E-state index contributed by atoms with van der Waals surface area (Å²) in [6.45, 7) is 6.07. The van der Waals surface area contributed by atoms with Crippen LogP contribution in [-0.2, 0) is 10.0 Å². The second kappa shape index (κ2) is 8.31. The first-order chi connectivity index (χ1) is 11.8. The standard InChI is InChI=1S/C17H21ClN2O3S2/c1-4-20(5-2)25(22,23)16-11-13(8-9-14(16)18)17(21)19-12(3)15-7-6-10-24-15/h6-12H,4-5H2,1-3H3,(H,19,21). The lowest BCUT2D eigenvalue weighted by Gasteiger charge is -2.20. The van der Waals surface area contributed by atoms with Crippen LogP contribution in [0.15, 0.2) is 40.6 Å². The van der Waals surface area contributed by atoms with Crippen LogP contribution in [0.5, 0.6) is 0 Å². The summed E-state index contributed by atoms with van der Waals surface area (Å²) < 4.78 is 26.7. The first-order valence-electron chi connectivity index (χ1n) is 7.95. The van der Waals surface area contributed by atoms with Crippen LogP contribution in [0.4, 0.5) is 0 Å². The van der Waals surface area contributed by atoms with Crippen LogP contribution in [0.1, 0.15) is 42.0 Å². The zero-order valence-corrected chi connectivity index (χ0v) is 16.7. The number of carbonyl (C=O) groups is 1. The van der Waals surface area contributed by atoms with Gasteiger partial charge in [-0.2, -0.15) is 4.31 Å². The van der Waals surface area contributed by atoms with E-state index in [9.17, 15) is 13.2 Å². The summed E-state index contributed by atoms with van der Waals surface area (Å²) in [6.07, 6.45) is 0. The highest BCUT2D eigenvalue weighted by Gasteiger charge is 2.25. The van der Waals surface area contributed by atoms with E-state index in [0.717, 1.165) is 4.88 Å². The van der Waals surface area contributed by atoms with Crippen molar-refractivity contribution in [3.63, 3.8) is 0 Å². The minimum Gasteiger partial charge on any atom is -0.345 e. The summed E-state index contributed by atoms with van der Waals surface area (Å²) in [5, 5.41) is 4.92. The van der Waals surface area contributed by atoms with Crippen LogP contribution in [0.25, 0.3) is 0 Å². The van der Waals surface area contributed by atoms with Crippen molar-refractivity contribution in [2.45, 2.75) is 31.7 Å². The monoisotopic (exact) mass is 400 g/mol. The Labute approximate surface area is 157 Å². The van der Waals surface area contributed by atoms with E-state index in [4.69, 9.17) is 11.6 Å². The van der Waals surface area contributed by atoms with Gasteiger partial charge in [0.25, 0.3) is 5.91 Å². The van der Waals surface area contributed by atoms with Crippen LogP contribution in [0.3, 0.4) is 0 Å². The largest absolute Gasteiger partial charge is 0.345 e. The molecule has 1 amide bonds. The van der Waals surface area contributed by atoms with E-state index in [1.807, 2.05) is 24.4 Å². The Morgan fingerprint density at radius 2 is 1.96 bits per heavy atom. The topological polar surface area (TPSA) is 66.5 Å². The molecule has 1 heterocycles. The maximum atomic E-state index is 12.7. The molecule has 1 unspecified atom stereocenters. The third kappa shape index (κ3) is 4.41. The van der Waals surface area contributed by atoms with Gasteiger partial charge in [0.15, 0.2) is 0 Å². The lowest BCUT2D eigenvalue weighted by Crippen LogP contribution is -2.31. The second-order valence-electron chi connectivity index (χ2n) is 5.45. The Kier molecular flexibility index (Phi) is 6.62. The predicted molar refractivity (Wildman–Crippen MR) is 102 cm³/mol. The van der Waals surface area contributed by atoms with Gasteiger partial charge in [-0.15, -0.1) is 11.3 Å². The highest BCUT2D eigenvalue weighted by molar-refractivity contribution is 7.89. The van der Waals surface area contributed by atoms with Crippen LogP contribution >= 0.6 is 22.9 Å². The number of nitrogens with one attached hydrogen (secondary N) is 1. The van der Waals surface area contributed by atoms with Crippen LogP contribution in [-0.4, -0.2) is 31.7 Å². The number of benzene rings is 1. The van der Waals surface area contributed by atoms with E-state index in [1.54, 1.807) is 25.2 Å².